The summed E-state index contributed by atoms with van der Waals surface area (Å²) >= 11 is 0. The summed E-state index contributed by atoms with van der Waals surface area (Å²) < 4.78 is 25.9. The lowest BCUT2D eigenvalue weighted by atomic mass is 9.60. The largest absolute Gasteiger partial charge is 0.393 e. The van der Waals surface area contributed by atoms with E-state index in [1.807, 2.05) is 0 Å². The molecule has 0 unspecified atom stereocenters. The Balaban J connectivity index is 1.32. The zero-order chi connectivity index (χ0) is 23.6. The van der Waals surface area contributed by atoms with Crippen molar-refractivity contribution in [3.63, 3.8) is 0 Å². The Hall–Kier alpha value is -0.780. The van der Waals surface area contributed by atoms with Crippen LogP contribution in [0.5, 0.6) is 0 Å². The fraction of sp³-hybridized carbons (Fsp3) is 0.857. The van der Waals surface area contributed by atoms with Gasteiger partial charge in [-0.2, -0.15) is 0 Å². The second kappa shape index (κ2) is 10.9. The van der Waals surface area contributed by atoms with E-state index in [-0.39, 0.29) is 0 Å². The average molecular weight is 466 g/mol. The number of aliphatic hydroxyl groups excluding tert-OH is 2. The molecular formula is C28H45F2NO2. The minimum atomic E-state index is -2.17. The Morgan fingerprint density at radius 1 is 1.12 bits per heavy atom. The zero-order valence-electron chi connectivity index (χ0n) is 20.7. The van der Waals surface area contributed by atoms with Gasteiger partial charge in [0.1, 0.15) is 0 Å². The summed E-state index contributed by atoms with van der Waals surface area (Å²) in [5, 5.41) is 20.0. The Labute approximate surface area is 199 Å². The number of likely N-dealkylation sites (tertiary alicyclic amines) is 1. The quantitative estimate of drug-likeness (QED) is 0.487. The first kappa shape index (κ1) is 25.3. The molecular weight excluding hydrogens is 420 g/mol. The maximum absolute atomic E-state index is 12.9. The fourth-order valence-electron chi connectivity index (χ4n) is 7.85. The van der Waals surface area contributed by atoms with E-state index >= 15 is 0 Å². The Kier molecular flexibility index (Phi) is 8.34. The first-order valence-corrected chi connectivity index (χ1v) is 13.5. The van der Waals surface area contributed by atoms with Crippen molar-refractivity contribution >= 4 is 0 Å². The van der Waals surface area contributed by atoms with Crippen molar-refractivity contribution < 1.29 is 19.0 Å². The van der Waals surface area contributed by atoms with Crippen molar-refractivity contribution in [2.75, 3.05) is 19.6 Å². The maximum Gasteiger partial charge on any atom is 0.242 e. The molecule has 0 amide bonds. The molecule has 7 atom stereocenters. The van der Waals surface area contributed by atoms with Crippen LogP contribution in [-0.4, -0.2) is 53.4 Å². The van der Waals surface area contributed by atoms with Crippen LogP contribution in [-0.2, 0) is 0 Å². The van der Waals surface area contributed by atoms with Crippen LogP contribution in [0, 0.1) is 29.1 Å². The number of hydrogen-bond donors (Lipinski definition) is 2. The third kappa shape index (κ3) is 5.90. The lowest BCUT2D eigenvalue weighted by Gasteiger charge is -2.44. The summed E-state index contributed by atoms with van der Waals surface area (Å²) in [6.07, 6.45) is 12.7. The lowest BCUT2D eigenvalue weighted by Crippen LogP contribution is -2.36. The molecule has 3 aliphatic carbocycles. The van der Waals surface area contributed by atoms with Crippen LogP contribution in [0.3, 0.4) is 0 Å². The summed E-state index contributed by atoms with van der Waals surface area (Å²) in [6, 6.07) is 0. The van der Waals surface area contributed by atoms with Crippen molar-refractivity contribution in [1.29, 1.82) is 0 Å². The van der Waals surface area contributed by atoms with Crippen molar-refractivity contribution in [3.05, 3.63) is 23.3 Å². The van der Waals surface area contributed by atoms with E-state index in [0.717, 1.165) is 25.4 Å². The maximum atomic E-state index is 12.9. The van der Waals surface area contributed by atoms with E-state index in [2.05, 4.69) is 30.9 Å². The molecule has 1 aliphatic heterocycles. The molecule has 1 saturated heterocycles. The highest BCUT2D eigenvalue weighted by Gasteiger charge is 2.50. The van der Waals surface area contributed by atoms with Gasteiger partial charge in [0.25, 0.3) is 0 Å². The molecule has 0 aromatic heterocycles. The molecule has 4 fully saturated rings. The van der Waals surface area contributed by atoms with Gasteiger partial charge in [-0.15, -0.1) is 0 Å². The van der Waals surface area contributed by atoms with Gasteiger partial charge >= 0.3 is 0 Å². The van der Waals surface area contributed by atoms with E-state index < -0.39 is 24.6 Å². The Morgan fingerprint density at radius 2 is 1.88 bits per heavy atom. The molecule has 1 heterocycles. The van der Waals surface area contributed by atoms with Crippen LogP contribution < -0.4 is 0 Å². The molecule has 0 aromatic rings. The molecule has 0 spiro atoms. The van der Waals surface area contributed by atoms with Crippen LogP contribution in [0.2, 0.25) is 0 Å². The van der Waals surface area contributed by atoms with Crippen molar-refractivity contribution in [2.24, 2.45) is 29.1 Å². The highest BCUT2D eigenvalue weighted by molar-refractivity contribution is 5.26. The van der Waals surface area contributed by atoms with Gasteiger partial charge in [-0.05, 0) is 107 Å². The second-order valence-corrected chi connectivity index (χ2v) is 11.9. The van der Waals surface area contributed by atoms with Crippen molar-refractivity contribution in [3.8, 4) is 0 Å². The monoisotopic (exact) mass is 465 g/mol. The second-order valence-electron chi connectivity index (χ2n) is 11.9. The van der Waals surface area contributed by atoms with Gasteiger partial charge in [0.2, 0.25) is 6.43 Å². The predicted octanol–water partition coefficient (Wildman–Crippen LogP) is 5.96. The standard InChI is InChI=1S/C28H45F2NO2/c1-19(5-4-13-31-14-11-22(18-31)27(29)30)25-9-10-26-21(6-3-12-28(25,26)2)8-7-20-15-23(32)17-24(33)16-20/h7-8,19,22-27,32-33H,3-6,9-18H2,1-2H3/b21-8+/t19-,22-,23-,24-,25-,26+,28-/m1/s1. The number of allylic oxidation sites excluding steroid dienone is 3. The molecule has 4 aliphatic rings. The van der Waals surface area contributed by atoms with Crippen molar-refractivity contribution in [2.45, 2.75) is 103 Å². The van der Waals surface area contributed by atoms with Gasteiger partial charge in [-0.1, -0.05) is 37.1 Å². The SMILES string of the molecule is C[C@H](CCCN1CC[C@@H](C(F)F)C1)[C@H]1CC[C@H]2/C(=C/C=C3C[C@@H](O)C[C@H](O)C3)CCC[C@]12C. The minimum absolute atomic E-state index is 0.363. The highest BCUT2D eigenvalue weighted by Crippen LogP contribution is 2.59. The number of alkyl halides is 2. The Morgan fingerprint density at radius 3 is 2.58 bits per heavy atom. The molecule has 33 heavy (non-hydrogen) atoms. The zero-order valence-corrected chi connectivity index (χ0v) is 20.7. The fourth-order valence-corrected chi connectivity index (χ4v) is 7.85. The average Bonchev–Trinajstić information content (AvgIpc) is 3.36. The van der Waals surface area contributed by atoms with E-state index in [9.17, 15) is 19.0 Å². The van der Waals surface area contributed by atoms with E-state index in [1.165, 1.54) is 44.1 Å². The molecule has 5 heteroatoms. The van der Waals surface area contributed by atoms with Crippen LogP contribution in [0.1, 0.15) is 84.5 Å². The van der Waals surface area contributed by atoms with E-state index in [4.69, 9.17) is 0 Å². The third-order valence-electron chi connectivity index (χ3n) is 9.60. The number of aliphatic hydroxyl groups is 2. The van der Waals surface area contributed by atoms with E-state index in [1.54, 1.807) is 5.57 Å². The van der Waals surface area contributed by atoms with Gasteiger partial charge in [-0.3, -0.25) is 0 Å². The summed E-state index contributed by atoms with van der Waals surface area (Å²) in [7, 11) is 0. The first-order valence-electron chi connectivity index (χ1n) is 13.5. The normalized spacial score (nSPS) is 39.9. The summed E-state index contributed by atoms with van der Waals surface area (Å²) in [5.74, 6) is 1.65. The molecule has 4 rings (SSSR count). The van der Waals surface area contributed by atoms with Crippen LogP contribution in [0.15, 0.2) is 23.3 Å². The predicted molar refractivity (Wildman–Crippen MR) is 129 cm³/mol. The third-order valence-corrected chi connectivity index (χ3v) is 9.60. The van der Waals surface area contributed by atoms with Crippen LogP contribution in [0.4, 0.5) is 8.78 Å². The smallest absolute Gasteiger partial charge is 0.242 e. The van der Waals surface area contributed by atoms with E-state index in [0.29, 0.717) is 49.5 Å². The van der Waals surface area contributed by atoms with Gasteiger partial charge in [0, 0.05) is 12.5 Å². The number of hydrogen-bond acceptors (Lipinski definition) is 3. The highest BCUT2D eigenvalue weighted by atomic mass is 19.3. The molecule has 0 bridgehead atoms. The molecule has 2 N–H and O–H groups in total. The first-order chi connectivity index (χ1) is 15.8. The molecule has 188 valence electrons. The summed E-state index contributed by atoms with van der Waals surface area (Å²) in [5.41, 5.74) is 3.12. The molecule has 3 saturated carbocycles. The summed E-state index contributed by atoms with van der Waals surface area (Å²) in [6.45, 7) is 7.33. The minimum Gasteiger partial charge on any atom is -0.393 e. The number of nitrogens with zero attached hydrogens (tertiary/aromatic N) is 1. The number of fused-ring (bicyclic) bond motifs is 1. The molecule has 0 radical (unpaired) electrons. The summed E-state index contributed by atoms with van der Waals surface area (Å²) in [4.78, 5) is 2.25. The van der Waals surface area contributed by atoms with Gasteiger partial charge in [0.15, 0.2) is 0 Å². The topological polar surface area (TPSA) is 43.7 Å². The number of halogens is 2. The number of rotatable bonds is 7. The molecule has 3 nitrogen and oxygen atoms in total. The van der Waals surface area contributed by atoms with Crippen LogP contribution >= 0.6 is 0 Å². The molecule has 0 aromatic carbocycles. The van der Waals surface area contributed by atoms with Gasteiger partial charge in [-0.25, -0.2) is 8.78 Å². The van der Waals surface area contributed by atoms with Gasteiger partial charge < -0.3 is 15.1 Å². The Bertz CT molecular complexity index is 711. The lowest BCUT2D eigenvalue weighted by molar-refractivity contribution is 0.0609. The van der Waals surface area contributed by atoms with Crippen molar-refractivity contribution in [1.82, 2.24) is 4.90 Å². The van der Waals surface area contributed by atoms with Crippen LogP contribution in [0.25, 0.3) is 0 Å². The van der Waals surface area contributed by atoms with Gasteiger partial charge in [0.05, 0.1) is 12.2 Å².